The zero-order valence-electron chi connectivity index (χ0n) is 21.7. The molecule has 0 aliphatic heterocycles. The molecule has 0 heterocycles. The molecule has 10 heteroatoms. The minimum Gasteiger partial charge on any atom is -0.495 e. The summed E-state index contributed by atoms with van der Waals surface area (Å²) >= 11 is 6.02. The summed E-state index contributed by atoms with van der Waals surface area (Å²) in [5, 5.41) is 3.67. The molecular formula is C27H36ClN3O5S. The number of para-hydroxylation sites is 2. The first-order valence-corrected chi connectivity index (χ1v) is 14.8. The lowest BCUT2D eigenvalue weighted by atomic mass is 10.1. The van der Waals surface area contributed by atoms with Gasteiger partial charge >= 0.3 is 0 Å². The molecule has 8 nitrogen and oxygen atoms in total. The van der Waals surface area contributed by atoms with Gasteiger partial charge in [0.15, 0.2) is 0 Å². The minimum atomic E-state index is -3.61. The molecule has 1 N–H and O–H groups in total. The maximum Gasteiger partial charge on any atom is 0.242 e. The average molecular weight is 550 g/mol. The normalized spacial score (nSPS) is 14.7. The number of rotatable bonds is 12. The van der Waals surface area contributed by atoms with E-state index < -0.39 is 16.1 Å². The molecule has 1 saturated carbocycles. The Hall–Kier alpha value is -2.78. The fraction of sp³-hybridized carbons (Fsp3) is 0.481. The summed E-state index contributed by atoms with van der Waals surface area (Å²) in [7, 11) is -2.13. The molecule has 202 valence electrons. The Bertz CT molecular complexity index is 1170. The van der Waals surface area contributed by atoms with Crippen molar-refractivity contribution < 1.29 is 22.7 Å². The van der Waals surface area contributed by atoms with Crippen LogP contribution in [0.1, 0.15) is 51.0 Å². The van der Waals surface area contributed by atoms with E-state index >= 15 is 0 Å². The number of nitrogens with one attached hydrogen (secondary N) is 1. The second-order valence-corrected chi connectivity index (χ2v) is 11.8. The molecule has 1 fully saturated rings. The number of benzene rings is 2. The Labute approximate surface area is 225 Å². The van der Waals surface area contributed by atoms with E-state index in [-0.39, 0.29) is 43.8 Å². The van der Waals surface area contributed by atoms with Gasteiger partial charge in [-0.3, -0.25) is 13.9 Å². The predicted molar refractivity (Wildman–Crippen MR) is 146 cm³/mol. The summed E-state index contributed by atoms with van der Waals surface area (Å²) in [6, 6.07) is 13.5. The molecule has 0 unspecified atom stereocenters. The van der Waals surface area contributed by atoms with Crippen LogP contribution in [0.3, 0.4) is 0 Å². The average Bonchev–Trinajstić information content (AvgIpc) is 3.38. The van der Waals surface area contributed by atoms with E-state index in [9.17, 15) is 18.0 Å². The number of amides is 2. The first-order valence-electron chi connectivity index (χ1n) is 12.5. The van der Waals surface area contributed by atoms with Crippen molar-refractivity contribution in [3.8, 4) is 5.75 Å². The largest absolute Gasteiger partial charge is 0.495 e. The van der Waals surface area contributed by atoms with Crippen molar-refractivity contribution in [2.45, 2.75) is 64.1 Å². The fourth-order valence-corrected chi connectivity index (χ4v) is 5.67. The number of hydrogen-bond acceptors (Lipinski definition) is 5. The van der Waals surface area contributed by atoms with Crippen LogP contribution in [0.5, 0.6) is 5.75 Å². The van der Waals surface area contributed by atoms with E-state index in [0.717, 1.165) is 37.5 Å². The summed E-state index contributed by atoms with van der Waals surface area (Å²) in [6.07, 6.45) is 5.57. The Morgan fingerprint density at radius 2 is 1.76 bits per heavy atom. The SMILES string of the molecule is COc1ccccc1N(CCCC(=O)N(Cc1ccc(Cl)cc1)[C@H](C)C(=O)NC1CCCC1)S(C)(=O)=O. The molecule has 0 bridgehead atoms. The summed E-state index contributed by atoms with van der Waals surface area (Å²) in [5.74, 6) is 0.0271. The van der Waals surface area contributed by atoms with E-state index in [2.05, 4.69) is 5.32 Å². The summed E-state index contributed by atoms with van der Waals surface area (Å²) in [5.41, 5.74) is 1.27. The van der Waals surface area contributed by atoms with Gasteiger partial charge in [-0.1, -0.05) is 48.7 Å². The summed E-state index contributed by atoms with van der Waals surface area (Å²) < 4.78 is 31.7. The lowest BCUT2D eigenvalue weighted by molar-refractivity contribution is -0.141. The van der Waals surface area contributed by atoms with Crippen LogP contribution in [-0.2, 0) is 26.2 Å². The molecule has 0 aromatic heterocycles. The Morgan fingerprint density at radius 3 is 2.38 bits per heavy atom. The van der Waals surface area contributed by atoms with Crippen molar-refractivity contribution in [3.05, 3.63) is 59.1 Å². The van der Waals surface area contributed by atoms with Crippen LogP contribution in [0.2, 0.25) is 5.02 Å². The van der Waals surface area contributed by atoms with Crippen molar-refractivity contribution in [1.82, 2.24) is 10.2 Å². The quantitative estimate of drug-likeness (QED) is 0.424. The van der Waals surface area contributed by atoms with Crippen LogP contribution in [0.4, 0.5) is 5.69 Å². The zero-order chi connectivity index (χ0) is 27.0. The minimum absolute atomic E-state index is 0.0792. The zero-order valence-corrected chi connectivity index (χ0v) is 23.2. The van der Waals surface area contributed by atoms with Crippen LogP contribution >= 0.6 is 11.6 Å². The highest BCUT2D eigenvalue weighted by atomic mass is 35.5. The Balaban J connectivity index is 1.73. The van der Waals surface area contributed by atoms with Gasteiger partial charge in [0.05, 0.1) is 19.1 Å². The highest BCUT2D eigenvalue weighted by Crippen LogP contribution is 2.30. The number of sulfonamides is 1. The van der Waals surface area contributed by atoms with Gasteiger partial charge in [0.2, 0.25) is 21.8 Å². The van der Waals surface area contributed by atoms with E-state index in [0.29, 0.717) is 16.5 Å². The van der Waals surface area contributed by atoms with E-state index in [1.165, 1.54) is 11.4 Å². The van der Waals surface area contributed by atoms with Gasteiger partial charge in [-0.2, -0.15) is 0 Å². The van der Waals surface area contributed by atoms with Crippen molar-refractivity contribution in [3.63, 3.8) is 0 Å². The number of hydrogen-bond donors (Lipinski definition) is 1. The number of ether oxygens (including phenoxy) is 1. The predicted octanol–water partition coefficient (Wildman–Crippen LogP) is 4.37. The number of carbonyl (C=O) groups excluding carboxylic acids is 2. The first-order chi connectivity index (χ1) is 17.6. The molecule has 1 aliphatic carbocycles. The maximum absolute atomic E-state index is 13.4. The molecule has 0 spiro atoms. The smallest absolute Gasteiger partial charge is 0.242 e. The molecule has 2 amide bonds. The molecule has 1 aliphatic rings. The summed E-state index contributed by atoms with van der Waals surface area (Å²) in [6.45, 7) is 2.08. The van der Waals surface area contributed by atoms with Gasteiger partial charge in [0.1, 0.15) is 11.8 Å². The van der Waals surface area contributed by atoms with Gasteiger partial charge in [0.25, 0.3) is 0 Å². The van der Waals surface area contributed by atoms with Crippen LogP contribution < -0.4 is 14.4 Å². The van der Waals surface area contributed by atoms with E-state index in [4.69, 9.17) is 16.3 Å². The third kappa shape index (κ3) is 8.10. The molecule has 1 atom stereocenters. The number of anilines is 1. The van der Waals surface area contributed by atoms with Crippen molar-refractivity contribution in [1.29, 1.82) is 0 Å². The van der Waals surface area contributed by atoms with Crippen molar-refractivity contribution >= 4 is 39.1 Å². The van der Waals surface area contributed by atoms with Crippen LogP contribution in [0.25, 0.3) is 0 Å². The van der Waals surface area contributed by atoms with Gasteiger partial charge in [-0.05, 0) is 56.0 Å². The lowest BCUT2D eigenvalue weighted by Gasteiger charge is -2.30. The summed E-state index contributed by atoms with van der Waals surface area (Å²) in [4.78, 5) is 28.0. The van der Waals surface area contributed by atoms with Crippen LogP contribution in [0.15, 0.2) is 48.5 Å². The third-order valence-electron chi connectivity index (χ3n) is 6.64. The molecule has 0 saturated heterocycles. The highest BCUT2D eigenvalue weighted by Gasteiger charge is 2.29. The third-order valence-corrected chi connectivity index (χ3v) is 8.07. The van der Waals surface area contributed by atoms with Crippen LogP contribution in [-0.4, -0.2) is 57.1 Å². The van der Waals surface area contributed by atoms with Gasteiger partial charge in [-0.15, -0.1) is 0 Å². The van der Waals surface area contributed by atoms with Crippen molar-refractivity contribution in [2.75, 3.05) is 24.2 Å². The number of methoxy groups -OCH3 is 1. The Morgan fingerprint density at radius 1 is 1.11 bits per heavy atom. The Kier molecular flexibility index (Phi) is 10.2. The lowest BCUT2D eigenvalue weighted by Crippen LogP contribution is -2.49. The standard InChI is InChI=1S/C27H36ClN3O5S/c1-20(27(33)29-23-9-4-5-10-23)30(19-21-14-16-22(28)17-15-21)26(32)13-8-18-31(37(3,34)35)24-11-6-7-12-25(24)36-2/h6-7,11-12,14-17,20,23H,4-5,8-10,13,18-19H2,1-3H3,(H,29,33)/t20-/m1/s1. The number of carbonyl (C=O) groups is 2. The van der Waals surface area contributed by atoms with E-state index in [1.807, 2.05) is 12.1 Å². The topological polar surface area (TPSA) is 96.0 Å². The van der Waals surface area contributed by atoms with Gasteiger partial charge in [0, 0.05) is 30.6 Å². The maximum atomic E-state index is 13.4. The van der Waals surface area contributed by atoms with Gasteiger partial charge in [-0.25, -0.2) is 8.42 Å². The monoisotopic (exact) mass is 549 g/mol. The fourth-order valence-electron chi connectivity index (χ4n) is 4.58. The van der Waals surface area contributed by atoms with Crippen molar-refractivity contribution in [2.24, 2.45) is 0 Å². The molecule has 3 rings (SSSR count). The van der Waals surface area contributed by atoms with E-state index in [1.54, 1.807) is 48.2 Å². The molecule has 0 radical (unpaired) electrons. The highest BCUT2D eigenvalue weighted by molar-refractivity contribution is 7.92. The number of halogens is 1. The first kappa shape index (κ1) is 28.8. The van der Waals surface area contributed by atoms with Crippen LogP contribution in [0, 0.1) is 0 Å². The molecular weight excluding hydrogens is 514 g/mol. The number of nitrogens with zero attached hydrogens (tertiary/aromatic N) is 2. The second kappa shape index (κ2) is 13.1. The van der Waals surface area contributed by atoms with Gasteiger partial charge < -0.3 is 15.0 Å². The second-order valence-electron chi connectivity index (χ2n) is 9.42. The molecule has 2 aromatic rings. The molecule has 2 aromatic carbocycles. The molecule has 37 heavy (non-hydrogen) atoms.